The van der Waals surface area contributed by atoms with Crippen molar-refractivity contribution in [1.82, 2.24) is 9.55 Å². The van der Waals surface area contributed by atoms with E-state index < -0.39 is 11.0 Å². The molecule has 7 heteroatoms. The van der Waals surface area contributed by atoms with E-state index in [1.807, 2.05) is 24.3 Å². The molecule has 4 rings (SSSR count). The minimum Gasteiger partial charge on any atom is -0.437 e. The lowest BCUT2D eigenvalue weighted by Crippen LogP contribution is -2.29. The van der Waals surface area contributed by atoms with Gasteiger partial charge in [0, 0.05) is 17.1 Å². The van der Waals surface area contributed by atoms with Gasteiger partial charge in [-0.1, -0.05) is 61.0 Å². The molecule has 31 heavy (non-hydrogen) atoms. The Labute approximate surface area is 187 Å². The number of benzene rings is 2. The van der Waals surface area contributed by atoms with Gasteiger partial charge in [0.15, 0.2) is 5.39 Å². The first-order chi connectivity index (χ1) is 14.7. The number of rotatable bonds is 4. The Morgan fingerprint density at radius 2 is 1.81 bits per heavy atom. The highest BCUT2D eigenvalue weighted by Crippen LogP contribution is 2.26. The topological polar surface area (TPSA) is 74.3 Å². The van der Waals surface area contributed by atoms with Crippen LogP contribution in [0.15, 0.2) is 60.9 Å². The fraction of sp³-hybridized carbons (Fsp3) is 0.292. The van der Waals surface area contributed by atoms with Crippen LogP contribution < -0.4 is 11.0 Å². The average Bonchev–Trinajstić information content (AvgIpc) is 2.73. The molecule has 0 spiro atoms. The maximum atomic E-state index is 13.4. The normalized spacial score (nSPS) is 12.0. The zero-order valence-corrected chi connectivity index (χ0v) is 19.4. The largest absolute Gasteiger partial charge is 0.437 e. The van der Waals surface area contributed by atoms with Crippen LogP contribution in [0.2, 0.25) is 0 Å². The summed E-state index contributed by atoms with van der Waals surface area (Å²) >= 11 is 3.36. The molecule has 160 valence electrons. The van der Waals surface area contributed by atoms with Gasteiger partial charge >= 0.3 is 0 Å². The lowest BCUT2D eigenvalue weighted by Gasteiger charge is -2.19. The Balaban J connectivity index is 2.02. The van der Waals surface area contributed by atoms with Crippen LogP contribution in [-0.4, -0.2) is 23.3 Å². The predicted molar refractivity (Wildman–Crippen MR) is 126 cm³/mol. The Bertz CT molecular complexity index is 1400. The van der Waals surface area contributed by atoms with E-state index in [2.05, 4.69) is 41.7 Å². The van der Waals surface area contributed by atoms with E-state index in [1.54, 1.807) is 25.3 Å². The molecule has 0 bridgehead atoms. The van der Waals surface area contributed by atoms with Gasteiger partial charge in [0.2, 0.25) is 11.1 Å². The van der Waals surface area contributed by atoms with Crippen LogP contribution in [0.1, 0.15) is 26.3 Å². The molecule has 0 radical (unpaired) electrons. The monoisotopic (exact) mass is 482 g/mol. The summed E-state index contributed by atoms with van der Waals surface area (Å²) in [5, 5.41) is 0.276. The second kappa shape index (κ2) is 8.05. The molecule has 0 aliphatic heterocycles. The van der Waals surface area contributed by atoms with E-state index in [9.17, 15) is 9.59 Å². The molecule has 0 aliphatic rings. The molecule has 0 unspecified atom stereocenters. The van der Waals surface area contributed by atoms with E-state index in [0.717, 1.165) is 10.0 Å². The van der Waals surface area contributed by atoms with Crippen molar-refractivity contribution in [3.05, 3.63) is 73.1 Å². The van der Waals surface area contributed by atoms with Crippen LogP contribution >= 0.6 is 15.9 Å². The highest BCUT2D eigenvalue weighted by atomic mass is 79.9. The van der Waals surface area contributed by atoms with Crippen LogP contribution in [0.4, 0.5) is 0 Å². The summed E-state index contributed by atoms with van der Waals surface area (Å²) in [7, 11) is 1.57. The summed E-state index contributed by atoms with van der Waals surface area (Å²) in [5.41, 5.74) is 1.53. The molecule has 0 aliphatic carbocycles. The van der Waals surface area contributed by atoms with Crippen molar-refractivity contribution in [2.45, 2.75) is 32.7 Å². The molecule has 0 saturated carbocycles. The van der Waals surface area contributed by atoms with Gasteiger partial charge in [-0.3, -0.25) is 14.2 Å². The number of aromatic nitrogens is 2. The fourth-order valence-electron chi connectivity index (χ4n) is 3.54. The smallest absolute Gasteiger partial charge is 0.269 e. The SMILES string of the molecule is COCCn1c(-c2ccc(C(C)(C)C)cc2)nc2oc3ccc(Br)cc3c(=O)c2c1=O. The molecule has 4 aromatic rings. The molecular weight excluding hydrogens is 460 g/mol. The molecule has 2 heterocycles. The molecule has 0 amide bonds. The summed E-state index contributed by atoms with van der Waals surface area (Å²) in [6.45, 7) is 7.00. The van der Waals surface area contributed by atoms with Gasteiger partial charge < -0.3 is 9.15 Å². The third-order valence-electron chi connectivity index (χ3n) is 5.28. The van der Waals surface area contributed by atoms with E-state index >= 15 is 0 Å². The molecule has 0 atom stereocenters. The van der Waals surface area contributed by atoms with Crippen LogP contribution in [0.3, 0.4) is 0 Å². The minimum absolute atomic E-state index is 0.00500. The Kier molecular flexibility index (Phi) is 5.58. The summed E-state index contributed by atoms with van der Waals surface area (Å²) in [6, 6.07) is 13.1. The minimum atomic E-state index is -0.437. The number of fused-ring (bicyclic) bond motifs is 2. The highest BCUT2D eigenvalue weighted by molar-refractivity contribution is 9.10. The second-order valence-electron chi connectivity index (χ2n) is 8.46. The van der Waals surface area contributed by atoms with Gasteiger partial charge in [-0.2, -0.15) is 4.98 Å². The van der Waals surface area contributed by atoms with E-state index in [-0.39, 0.29) is 23.1 Å². The van der Waals surface area contributed by atoms with Gasteiger partial charge in [-0.05, 0) is 29.2 Å². The van der Waals surface area contributed by atoms with Crippen LogP contribution in [0.5, 0.6) is 0 Å². The van der Waals surface area contributed by atoms with Gasteiger partial charge in [-0.15, -0.1) is 0 Å². The number of nitrogens with zero attached hydrogens (tertiary/aromatic N) is 2. The summed E-state index contributed by atoms with van der Waals surface area (Å²) in [6.07, 6.45) is 0. The lowest BCUT2D eigenvalue weighted by atomic mass is 9.86. The molecule has 2 aromatic heterocycles. The van der Waals surface area contributed by atoms with Crippen molar-refractivity contribution in [1.29, 1.82) is 0 Å². The van der Waals surface area contributed by atoms with Crippen LogP contribution in [-0.2, 0) is 16.7 Å². The molecule has 2 aromatic carbocycles. The van der Waals surface area contributed by atoms with Crippen LogP contribution in [0.25, 0.3) is 33.5 Å². The van der Waals surface area contributed by atoms with Gasteiger partial charge in [-0.25, -0.2) is 0 Å². The van der Waals surface area contributed by atoms with E-state index in [0.29, 0.717) is 23.4 Å². The van der Waals surface area contributed by atoms with Gasteiger partial charge in [0.25, 0.3) is 5.56 Å². The molecule has 0 fully saturated rings. The van der Waals surface area contributed by atoms with Crippen molar-refractivity contribution < 1.29 is 9.15 Å². The third-order valence-corrected chi connectivity index (χ3v) is 5.78. The number of halogens is 1. The van der Waals surface area contributed by atoms with Crippen molar-refractivity contribution in [2.24, 2.45) is 0 Å². The van der Waals surface area contributed by atoms with Crippen molar-refractivity contribution in [3.8, 4) is 11.4 Å². The number of ether oxygens (including phenoxy) is 1. The molecule has 0 saturated heterocycles. The molecule has 6 nitrogen and oxygen atoms in total. The summed E-state index contributed by atoms with van der Waals surface area (Å²) < 4.78 is 13.3. The molecular formula is C24H23BrN2O4. The van der Waals surface area contributed by atoms with E-state index in [1.165, 1.54) is 10.1 Å². The fourth-order valence-corrected chi connectivity index (χ4v) is 3.90. The second-order valence-corrected chi connectivity index (χ2v) is 9.38. The summed E-state index contributed by atoms with van der Waals surface area (Å²) in [5.74, 6) is 0.439. The highest BCUT2D eigenvalue weighted by Gasteiger charge is 2.20. The average molecular weight is 483 g/mol. The number of hydrogen-bond acceptors (Lipinski definition) is 5. The first-order valence-corrected chi connectivity index (χ1v) is 10.8. The van der Waals surface area contributed by atoms with E-state index in [4.69, 9.17) is 9.15 Å². The Morgan fingerprint density at radius 3 is 2.45 bits per heavy atom. The predicted octanol–water partition coefficient (Wildman–Crippen LogP) is 4.88. The van der Waals surface area contributed by atoms with Crippen molar-refractivity contribution in [2.75, 3.05) is 13.7 Å². The lowest BCUT2D eigenvalue weighted by molar-refractivity contribution is 0.186. The van der Waals surface area contributed by atoms with Gasteiger partial charge in [0.1, 0.15) is 11.4 Å². The van der Waals surface area contributed by atoms with Crippen molar-refractivity contribution in [3.63, 3.8) is 0 Å². The number of methoxy groups -OCH3 is 1. The first-order valence-electron chi connectivity index (χ1n) is 9.97. The first kappa shape index (κ1) is 21.5. The maximum Gasteiger partial charge on any atom is 0.269 e. The molecule has 0 N–H and O–H groups in total. The maximum absolute atomic E-state index is 13.4. The Hall–Kier alpha value is -2.77. The zero-order valence-electron chi connectivity index (χ0n) is 17.9. The quantitative estimate of drug-likeness (QED) is 0.387. The van der Waals surface area contributed by atoms with Crippen molar-refractivity contribution >= 4 is 38.0 Å². The standard InChI is InChI=1S/C24H23BrN2O4/c1-24(2,3)15-7-5-14(6-8-15)21-26-22-19(23(29)27(21)11-12-30-4)20(28)17-13-16(25)9-10-18(17)31-22/h5-10,13H,11-12H2,1-4H3. The third kappa shape index (κ3) is 3.95. The van der Waals surface area contributed by atoms with Gasteiger partial charge in [0.05, 0.1) is 18.5 Å². The van der Waals surface area contributed by atoms with Crippen LogP contribution in [0, 0.1) is 0 Å². The number of hydrogen-bond donors (Lipinski definition) is 0. The summed E-state index contributed by atoms with van der Waals surface area (Å²) in [4.78, 5) is 31.1. The Morgan fingerprint density at radius 1 is 1.10 bits per heavy atom. The zero-order chi connectivity index (χ0) is 22.3.